The summed E-state index contributed by atoms with van der Waals surface area (Å²) in [5.41, 5.74) is 3.70. The van der Waals surface area contributed by atoms with Crippen LogP contribution in [0, 0.1) is 0 Å². The zero-order valence-electron chi connectivity index (χ0n) is 15.4. The summed E-state index contributed by atoms with van der Waals surface area (Å²) in [6, 6.07) is 7.28. The van der Waals surface area contributed by atoms with Crippen molar-refractivity contribution in [3.8, 4) is 23.0 Å². The molecule has 2 amide bonds. The molecular weight excluding hydrogens is 348 g/mol. The number of benzene rings is 2. The van der Waals surface area contributed by atoms with Gasteiger partial charge in [0.05, 0.1) is 33.1 Å². The molecule has 7 heteroatoms. The number of hydrogen-bond donors (Lipinski definition) is 2. The van der Waals surface area contributed by atoms with Gasteiger partial charge in [-0.05, 0) is 23.8 Å². The lowest BCUT2D eigenvalue weighted by atomic mass is 10.0. The number of rotatable bonds is 5. The molecular formula is C20H22N2O5. The Kier molecular flexibility index (Phi) is 4.66. The van der Waals surface area contributed by atoms with Gasteiger partial charge in [0.2, 0.25) is 0 Å². The molecule has 2 aromatic carbocycles. The quantitative estimate of drug-likeness (QED) is 0.846. The third kappa shape index (κ3) is 3.32. The second-order valence-corrected chi connectivity index (χ2v) is 6.41. The topological polar surface area (TPSA) is 78.1 Å². The van der Waals surface area contributed by atoms with Crippen LogP contribution in [0.3, 0.4) is 0 Å². The predicted octanol–water partition coefficient (Wildman–Crippen LogP) is 2.90. The minimum absolute atomic E-state index is 0.289. The van der Waals surface area contributed by atoms with Gasteiger partial charge in [-0.15, -0.1) is 0 Å². The average Bonchev–Trinajstić information content (AvgIpc) is 3.35. The summed E-state index contributed by atoms with van der Waals surface area (Å²) in [4.78, 5) is 12.5. The molecule has 0 unspecified atom stereocenters. The van der Waals surface area contributed by atoms with Gasteiger partial charge in [-0.2, -0.15) is 0 Å². The van der Waals surface area contributed by atoms with E-state index in [0.717, 1.165) is 46.7 Å². The van der Waals surface area contributed by atoms with E-state index in [1.54, 1.807) is 14.2 Å². The monoisotopic (exact) mass is 370 g/mol. The number of ether oxygens (including phenoxy) is 4. The molecule has 0 radical (unpaired) electrons. The molecule has 2 aliphatic rings. The molecule has 2 aromatic rings. The number of urea groups is 1. The fraction of sp³-hybridized carbons (Fsp3) is 0.350. The van der Waals surface area contributed by atoms with Crippen molar-refractivity contribution >= 4 is 11.7 Å². The Morgan fingerprint density at radius 3 is 2.70 bits per heavy atom. The van der Waals surface area contributed by atoms with Crippen LogP contribution in [0.2, 0.25) is 0 Å². The Labute approximate surface area is 157 Å². The molecule has 0 bridgehead atoms. The smallest absolute Gasteiger partial charge is 0.319 e. The van der Waals surface area contributed by atoms with E-state index >= 15 is 0 Å². The molecule has 4 rings (SSSR count). The highest BCUT2D eigenvalue weighted by molar-refractivity contribution is 5.93. The largest absolute Gasteiger partial charge is 0.493 e. The Morgan fingerprint density at radius 2 is 1.89 bits per heavy atom. The van der Waals surface area contributed by atoms with Gasteiger partial charge in [0.1, 0.15) is 11.5 Å². The molecule has 2 N–H and O–H groups in total. The summed E-state index contributed by atoms with van der Waals surface area (Å²) in [6.07, 6.45) is 1.59. The number of nitrogens with one attached hydrogen (secondary N) is 2. The van der Waals surface area contributed by atoms with Gasteiger partial charge >= 0.3 is 6.03 Å². The first-order chi connectivity index (χ1) is 13.2. The van der Waals surface area contributed by atoms with Crippen LogP contribution in [0.5, 0.6) is 23.0 Å². The van der Waals surface area contributed by atoms with Crippen molar-refractivity contribution in [2.75, 3.05) is 32.8 Å². The third-order valence-electron chi connectivity index (χ3n) is 4.79. The van der Waals surface area contributed by atoms with Gasteiger partial charge in [0, 0.05) is 30.5 Å². The highest BCUT2D eigenvalue weighted by Gasteiger charge is 2.27. The van der Waals surface area contributed by atoms with Crippen LogP contribution in [0.25, 0.3) is 0 Å². The Balaban J connectivity index is 1.47. The number of hydrogen-bond acceptors (Lipinski definition) is 5. The predicted molar refractivity (Wildman–Crippen MR) is 100 cm³/mol. The molecule has 7 nitrogen and oxygen atoms in total. The molecule has 0 fully saturated rings. The highest BCUT2D eigenvalue weighted by Crippen LogP contribution is 2.44. The van der Waals surface area contributed by atoms with Crippen LogP contribution < -0.4 is 29.6 Å². The normalized spacial score (nSPS) is 13.9. The molecule has 0 aliphatic carbocycles. The van der Waals surface area contributed by atoms with E-state index < -0.39 is 0 Å². The lowest BCUT2D eigenvalue weighted by Crippen LogP contribution is -2.28. The van der Waals surface area contributed by atoms with Gasteiger partial charge in [-0.1, -0.05) is 6.07 Å². The van der Waals surface area contributed by atoms with Crippen LogP contribution in [-0.4, -0.2) is 33.5 Å². The number of anilines is 1. The molecule has 27 heavy (non-hydrogen) atoms. The van der Waals surface area contributed by atoms with Crippen molar-refractivity contribution in [1.82, 2.24) is 5.32 Å². The summed E-state index contributed by atoms with van der Waals surface area (Å²) < 4.78 is 21.9. The van der Waals surface area contributed by atoms with Crippen LogP contribution in [0.15, 0.2) is 24.3 Å². The fourth-order valence-electron chi connectivity index (χ4n) is 3.45. The zero-order chi connectivity index (χ0) is 18.8. The van der Waals surface area contributed by atoms with Gasteiger partial charge in [-0.25, -0.2) is 4.79 Å². The van der Waals surface area contributed by atoms with Gasteiger partial charge in [-0.3, -0.25) is 0 Å². The van der Waals surface area contributed by atoms with Crippen molar-refractivity contribution in [2.45, 2.75) is 19.4 Å². The third-order valence-corrected chi connectivity index (χ3v) is 4.79. The first-order valence-corrected chi connectivity index (χ1v) is 8.89. The molecule has 0 atom stereocenters. The summed E-state index contributed by atoms with van der Waals surface area (Å²) in [5, 5.41) is 5.83. The van der Waals surface area contributed by atoms with Crippen LogP contribution >= 0.6 is 0 Å². The molecule has 2 aliphatic heterocycles. The lowest BCUT2D eigenvalue weighted by Gasteiger charge is -2.15. The van der Waals surface area contributed by atoms with Gasteiger partial charge in [0.25, 0.3) is 0 Å². The van der Waals surface area contributed by atoms with Gasteiger partial charge < -0.3 is 29.6 Å². The highest BCUT2D eigenvalue weighted by atomic mass is 16.5. The van der Waals surface area contributed by atoms with Crippen LogP contribution in [0.4, 0.5) is 10.5 Å². The zero-order valence-corrected chi connectivity index (χ0v) is 15.4. The van der Waals surface area contributed by atoms with Crippen molar-refractivity contribution in [2.24, 2.45) is 0 Å². The second kappa shape index (κ2) is 7.26. The minimum atomic E-state index is -0.289. The number of amides is 2. The Bertz CT molecular complexity index is 849. The van der Waals surface area contributed by atoms with E-state index in [4.69, 9.17) is 18.9 Å². The molecule has 2 heterocycles. The summed E-state index contributed by atoms with van der Waals surface area (Å²) in [5.74, 6) is 2.88. The van der Waals surface area contributed by atoms with E-state index in [-0.39, 0.29) is 6.03 Å². The minimum Gasteiger partial charge on any atom is -0.493 e. The Morgan fingerprint density at radius 1 is 1.07 bits per heavy atom. The van der Waals surface area contributed by atoms with Crippen molar-refractivity contribution in [3.05, 3.63) is 41.0 Å². The van der Waals surface area contributed by atoms with E-state index in [1.165, 1.54) is 0 Å². The second-order valence-electron chi connectivity index (χ2n) is 6.41. The van der Waals surface area contributed by atoms with Crippen molar-refractivity contribution in [1.29, 1.82) is 0 Å². The molecule has 0 aromatic heterocycles. The van der Waals surface area contributed by atoms with Crippen molar-refractivity contribution in [3.63, 3.8) is 0 Å². The average molecular weight is 370 g/mol. The SMILES string of the molecule is COc1ccc(CNC(=O)Nc2c3c(cc4c2OCC4)OCC3)cc1OC. The first-order valence-electron chi connectivity index (χ1n) is 8.89. The van der Waals surface area contributed by atoms with Gasteiger partial charge in [0.15, 0.2) is 11.5 Å². The maximum atomic E-state index is 12.5. The maximum Gasteiger partial charge on any atom is 0.319 e. The molecule has 0 spiro atoms. The number of fused-ring (bicyclic) bond motifs is 2. The maximum absolute atomic E-state index is 12.5. The van der Waals surface area contributed by atoms with E-state index in [1.807, 2.05) is 24.3 Å². The molecule has 0 saturated heterocycles. The molecule has 0 saturated carbocycles. The summed E-state index contributed by atoms with van der Waals surface area (Å²) in [7, 11) is 3.17. The number of carbonyl (C=O) groups is 1. The standard InChI is InChI=1S/C20H22N2O5/c1-24-15-4-3-12(9-17(15)25-2)11-21-20(23)22-18-14-6-8-26-16(14)10-13-5-7-27-19(13)18/h3-4,9-10H,5-8,11H2,1-2H3,(H2,21,22,23). The number of carbonyl (C=O) groups excluding carboxylic acids is 1. The summed E-state index contributed by atoms with van der Waals surface area (Å²) in [6.45, 7) is 1.61. The lowest BCUT2D eigenvalue weighted by molar-refractivity contribution is 0.251. The summed E-state index contributed by atoms with van der Waals surface area (Å²) >= 11 is 0. The van der Waals surface area contributed by atoms with Crippen molar-refractivity contribution < 1.29 is 23.7 Å². The van der Waals surface area contributed by atoms with E-state index in [2.05, 4.69) is 10.6 Å². The van der Waals surface area contributed by atoms with Crippen LogP contribution in [0.1, 0.15) is 16.7 Å². The number of methoxy groups -OCH3 is 2. The fourth-order valence-corrected chi connectivity index (χ4v) is 3.45. The first kappa shape index (κ1) is 17.3. The van der Waals surface area contributed by atoms with E-state index in [9.17, 15) is 4.79 Å². The van der Waals surface area contributed by atoms with Crippen LogP contribution in [-0.2, 0) is 19.4 Å². The molecule has 142 valence electrons. The Hall–Kier alpha value is -3.09. The van der Waals surface area contributed by atoms with E-state index in [0.29, 0.717) is 31.3 Å².